The van der Waals surface area contributed by atoms with Gasteiger partial charge in [-0.15, -0.1) is 12.4 Å². The van der Waals surface area contributed by atoms with E-state index in [1.165, 1.54) is 0 Å². The Morgan fingerprint density at radius 3 is 2.80 bits per heavy atom. The predicted octanol–water partition coefficient (Wildman–Crippen LogP) is 1.74. The summed E-state index contributed by atoms with van der Waals surface area (Å²) in [5.41, 5.74) is 0. The van der Waals surface area contributed by atoms with Crippen molar-refractivity contribution in [3.8, 4) is 0 Å². The van der Waals surface area contributed by atoms with E-state index in [2.05, 4.69) is 15.5 Å². The van der Waals surface area contributed by atoms with E-state index in [0.29, 0.717) is 24.8 Å². The van der Waals surface area contributed by atoms with Crippen molar-refractivity contribution in [2.75, 3.05) is 6.54 Å². The average molecular weight is 234 g/mol. The maximum atomic E-state index is 12.9. The Labute approximate surface area is 93.0 Å². The molecule has 2 aliphatic rings. The monoisotopic (exact) mass is 233 g/mol. The van der Waals surface area contributed by atoms with Crippen LogP contribution >= 0.6 is 12.4 Å². The Bertz CT molecular complexity index is 342. The van der Waals surface area contributed by atoms with Crippen LogP contribution in [0.3, 0.4) is 0 Å². The highest BCUT2D eigenvalue weighted by Gasteiger charge is 2.33. The zero-order valence-corrected chi connectivity index (χ0v) is 8.97. The first kappa shape index (κ1) is 10.8. The van der Waals surface area contributed by atoms with Gasteiger partial charge in [0.1, 0.15) is 6.17 Å². The van der Waals surface area contributed by atoms with Crippen molar-refractivity contribution in [3.05, 3.63) is 11.7 Å². The number of nitrogens with zero attached hydrogens (tertiary/aromatic N) is 2. The van der Waals surface area contributed by atoms with Gasteiger partial charge in [-0.3, -0.25) is 0 Å². The molecule has 0 spiro atoms. The molecule has 6 heteroatoms. The largest absolute Gasteiger partial charge is 0.338 e. The molecular weight excluding hydrogens is 221 g/mol. The lowest BCUT2D eigenvalue weighted by Gasteiger charge is -2.00. The van der Waals surface area contributed by atoms with E-state index in [4.69, 9.17) is 4.52 Å². The molecule has 1 aliphatic heterocycles. The first-order chi connectivity index (χ1) is 6.83. The third-order valence-corrected chi connectivity index (χ3v) is 2.78. The van der Waals surface area contributed by atoms with Crippen molar-refractivity contribution in [1.29, 1.82) is 0 Å². The van der Waals surface area contributed by atoms with E-state index in [0.717, 1.165) is 18.7 Å². The minimum absolute atomic E-state index is 0. The normalized spacial score (nSPS) is 30.2. The molecule has 1 saturated carbocycles. The molecular formula is C9H13ClFN3O. The van der Waals surface area contributed by atoms with Crippen molar-refractivity contribution < 1.29 is 8.91 Å². The standard InChI is InChI=1S/C9H12FN3O.ClH/c10-6-3-7(11-4-6)9-12-8(13-14-9)5-1-2-5;/h5-7,11H,1-4H2;1H/t6-,7-;/m0./s1. The zero-order valence-electron chi connectivity index (χ0n) is 8.15. The van der Waals surface area contributed by atoms with Crippen LogP contribution in [0.1, 0.15) is 42.9 Å². The first-order valence-electron chi connectivity index (χ1n) is 5.04. The summed E-state index contributed by atoms with van der Waals surface area (Å²) in [4.78, 5) is 4.28. The summed E-state index contributed by atoms with van der Waals surface area (Å²) in [5.74, 6) is 1.84. The molecule has 4 nitrogen and oxygen atoms in total. The molecule has 0 amide bonds. The lowest BCUT2D eigenvalue weighted by Crippen LogP contribution is -2.14. The van der Waals surface area contributed by atoms with E-state index < -0.39 is 6.17 Å². The van der Waals surface area contributed by atoms with Gasteiger partial charge in [-0.1, -0.05) is 5.16 Å². The second-order valence-electron chi connectivity index (χ2n) is 4.06. The molecule has 1 aromatic heterocycles. The van der Waals surface area contributed by atoms with Crippen LogP contribution in [-0.4, -0.2) is 22.9 Å². The van der Waals surface area contributed by atoms with Gasteiger partial charge in [0.05, 0.1) is 6.04 Å². The smallest absolute Gasteiger partial charge is 0.243 e. The highest BCUT2D eigenvalue weighted by Crippen LogP contribution is 2.38. The number of alkyl halides is 1. The molecule has 84 valence electrons. The van der Waals surface area contributed by atoms with Crippen LogP contribution in [0, 0.1) is 0 Å². The Balaban J connectivity index is 0.000000853. The van der Waals surface area contributed by atoms with Gasteiger partial charge in [-0.2, -0.15) is 4.98 Å². The molecule has 1 aliphatic carbocycles. The molecule has 0 bridgehead atoms. The molecule has 2 atom stereocenters. The SMILES string of the molecule is Cl.F[C@@H]1CN[C@H](c2nc(C3CC3)no2)C1. The van der Waals surface area contributed by atoms with E-state index in [1.807, 2.05) is 0 Å². The van der Waals surface area contributed by atoms with Crippen molar-refractivity contribution >= 4 is 12.4 Å². The zero-order chi connectivity index (χ0) is 9.54. The van der Waals surface area contributed by atoms with Gasteiger partial charge in [-0.25, -0.2) is 4.39 Å². The van der Waals surface area contributed by atoms with E-state index in [-0.39, 0.29) is 18.4 Å². The Morgan fingerprint density at radius 1 is 1.40 bits per heavy atom. The molecule has 3 rings (SSSR count). The molecule has 0 radical (unpaired) electrons. The molecule has 1 saturated heterocycles. The van der Waals surface area contributed by atoms with Gasteiger partial charge < -0.3 is 9.84 Å². The van der Waals surface area contributed by atoms with Crippen LogP contribution in [0.4, 0.5) is 4.39 Å². The summed E-state index contributed by atoms with van der Waals surface area (Å²) >= 11 is 0. The van der Waals surface area contributed by atoms with Crippen LogP contribution in [0.15, 0.2) is 4.52 Å². The second-order valence-corrected chi connectivity index (χ2v) is 4.06. The summed E-state index contributed by atoms with van der Waals surface area (Å²) in [5, 5.41) is 6.92. The fourth-order valence-corrected chi connectivity index (χ4v) is 1.78. The molecule has 15 heavy (non-hydrogen) atoms. The van der Waals surface area contributed by atoms with Crippen LogP contribution in [0.2, 0.25) is 0 Å². The molecule has 0 aromatic carbocycles. The number of nitrogens with one attached hydrogen (secondary N) is 1. The van der Waals surface area contributed by atoms with Crippen LogP contribution in [0.5, 0.6) is 0 Å². The van der Waals surface area contributed by atoms with Gasteiger partial charge in [0, 0.05) is 18.9 Å². The third kappa shape index (κ3) is 2.13. The average Bonchev–Trinajstić information content (AvgIpc) is 2.76. The van der Waals surface area contributed by atoms with Crippen molar-refractivity contribution in [2.45, 2.75) is 37.4 Å². The lowest BCUT2D eigenvalue weighted by molar-refractivity contribution is 0.322. The quantitative estimate of drug-likeness (QED) is 0.846. The summed E-state index contributed by atoms with van der Waals surface area (Å²) < 4.78 is 18.0. The fraction of sp³-hybridized carbons (Fsp3) is 0.778. The van der Waals surface area contributed by atoms with Crippen molar-refractivity contribution in [1.82, 2.24) is 15.5 Å². The molecule has 1 N–H and O–H groups in total. The maximum Gasteiger partial charge on any atom is 0.243 e. The van der Waals surface area contributed by atoms with Crippen LogP contribution in [0.25, 0.3) is 0 Å². The molecule has 0 unspecified atom stereocenters. The second kappa shape index (κ2) is 4.06. The molecule has 1 aromatic rings. The number of hydrogen-bond donors (Lipinski definition) is 1. The topological polar surface area (TPSA) is 51.0 Å². The van der Waals surface area contributed by atoms with Crippen molar-refractivity contribution in [3.63, 3.8) is 0 Å². The van der Waals surface area contributed by atoms with E-state index in [1.54, 1.807) is 0 Å². The highest BCUT2D eigenvalue weighted by atomic mass is 35.5. The molecule has 2 fully saturated rings. The third-order valence-electron chi connectivity index (χ3n) is 2.78. The van der Waals surface area contributed by atoms with Gasteiger partial charge in [-0.05, 0) is 12.8 Å². The summed E-state index contributed by atoms with van der Waals surface area (Å²) in [6.07, 6.45) is 1.98. The van der Waals surface area contributed by atoms with Gasteiger partial charge in [0.2, 0.25) is 5.89 Å². The summed E-state index contributed by atoms with van der Waals surface area (Å²) in [6.45, 7) is 0.395. The van der Waals surface area contributed by atoms with Gasteiger partial charge in [0.25, 0.3) is 0 Å². The lowest BCUT2D eigenvalue weighted by atomic mass is 10.2. The Morgan fingerprint density at radius 2 is 2.20 bits per heavy atom. The fourth-order valence-electron chi connectivity index (χ4n) is 1.78. The van der Waals surface area contributed by atoms with Crippen LogP contribution in [-0.2, 0) is 0 Å². The minimum atomic E-state index is -0.781. The first-order valence-corrected chi connectivity index (χ1v) is 5.04. The van der Waals surface area contributed by atoms with Crippen LogP contribution < -0.4 is 5.32 Å². The van der Waals surface area contributed by atoms with Gasteiger partial charge in [0.15, 0.2) is 5.82 Å². The summed E-state index contributed by atoms with van der Waals surface area (Å²) in [6, 6.07) is -0.0787. The van der Waals surface area contributed by atoms with E-state index >= 15 is 0 Å². The maximum absolute atomic E-state index is 12.9. The minimum Gasteiger partial charge on any atom is -0.338 e. The number of rotatable bonds is 2. The molecule has 2 heterocycles. The number of hydrogen-bond acceptors (Lipinski definition) is 4. The summed E-state index contributed by atoms with van der Waals surface area (Å²) in [7, 11) is 0. The predicted molar refractivity (Wildman–Crippen MR) is 53.8 cm³/mol. The number of halogens is 2. The van der Waals surface area contributed by atoms with Crippen molar-refractivity contribution in [2.24, 2.45) is 0 Å². The Hall–Kier alpha value is -0.680. The van der Waals surface area contributed by atoms with E-state index in [9.17, 15) is 4.39 Å². The highest BCUT2D eigenvalue weighted by molar-refractivity contribution is 5.85. The number of aromatic nitrogens is 2. The van der Waals surface area contributed by atoms with Gasteiger partial charge >= 0.3 is 0 Å². The Kier molecular flexibility index (Phi) is 2.93.